The normalized spacial score (nSPS) is 10.0. The highest BCUT2D eigenvalue weighted by Crippen LogP contribution is 2.04. The monoisotopic (exact) mass is 223 g/mol. The van der Waals surface area contributed by atoms with Crippen LogP contribution in [0.3, 0.4) is 0 Å². The Labute approximate surface area is 92.9 Å². The lowest BCUT2D eigenvalue weighted by atomic mass is 10.1. The molecule has 0 aliphatic rings. The van der Waals surface area contributed by atoms with E-state index < -0.39 is 0 Å². The molecule has 0 atom stereocenters. The summed E-state index contributed by atoms with van der Waals surface area (Å²) in [6, 6.07) is 1.94. The summed E-state index contributed by atoms with van der Waals surface area (Å²) in [6.45, 7) is 4.11. The van der Waals surface area contributed by atoms with Crippen LogP contribution in [0.4, 0.5) is 0 Å². The third-order valence-electron chi connectivity index (χ3n) is 2.26. The van der Waals surface area contributed by atoms with E-state index >= 15 is 0 Å². The molecule has 1 aromatic rings. The highest BCUT2D eigenvalue weighted by molar-refractivity contribution is 7.98. The van der Waals surface area contributed by atoms with E-state index in [1.807, 2.05) is 19.2 Å². The van der Waals surface area contributed by atoms with Crippen LogP contribution in [0.2, 0.25) is 0 Å². The van der Waals surface area contributed by atoms with E-state index in [0.29, 0.717) is 12.1 Å². The Balaban J connectivity index is 3.26. The molecule has 0 aromatic carbocycles. The van der Waals surface area contributed by atoms with Crippen molar-refractivity contribution in [1.82, 2.24) is 9.78 Å². The summed E-state index contributed by atoms with van der Waals surface area (Å²) < 4.78 is 1.37. The van der Waals surface area contributed by atoms with Gasteiger partial charge in [0.2, 0.25) is 0 Å². The van der Waals surface area contributed by atoms with Gasteiger partial charge in [-0.1, -0.05) is 0 Å². The molecule has 0 bridgehead atoms. The highest BCUT2D eigenvalue weighted by atomic mass is 32.2. The van der Waals surface area contributed by atoms with Crippen molar-refractivity contribution >= 4 is 11.8 Å². The van der Waals surface area contributed by atoms with E-state index in [0.717, 1.165) is 11.4 Å². The first-order chi connectivity index (χ1) is 7.11. The minimum absolute atomic E-state index is 0.212. The number of nitriles is 1. The van der Waals surface area contributed by atoms with Crippen molar-refractivity contribution in [3.05, 3.63) is 27.2 Å². The van der Waals surface area contributed by atoms with Crippen molar-refractivity contribution in [2.75, 3.05) is 12.0 Å². The van der Waals surface area contributed by atoms with Crippen molar-refractivity contribution < 1.29 is 0 Å². The second-order valence-corrected chi connectivity index (χ2v) is 4.20. The van der Waals surface area contributed by atoms with E-state index in [4.69, 9.17) is 5.26 Å². The summed E-state index contributed by atoms with van der Waals surface area (Å²) in [4.78, 5) is 11.7. The molecule has 80 valence electrons. The molecule has 1 aromatic heterocycles. The molecule has 0 unspecified atom stereocenters. The van der Waals surface area contributed by atoms with Crippen LogP contribution < -0.4 is 5.56 Å². The quantitative estimate of drug-likeness (QED) is 0.769. The highest BCUT2D eigenvalue weighted by Gasteiger charge is 2.10. The van der Waals surface area contributed by atoms with Gasteiger partial charge in [-0.05, 0) is 25.7 Å². The minimum atomic E-state index is -0.283. The van der Waals surface area contributed by atoms with E-state index in [1.54, 1.807) is 18.7 Å². The lowest BCUT2D eigenvalue weighted by Crippen LogP contribution is -2.28. The van der Waals surface area contributed by atoms with E-state index in [9.17, 15) is 4.79 Å². The molecule has 4 nitrogen and oxygen atoms in total. The summed E-state index contributed by atoms with van der Waals surface area (Å²) in [5.74, 6) is 0.820. The van der Waals surface area contributed by atoms with Gasteiger partial charge in [-0.25, -0.2) is 4.68 Å². The fourth-order valence-corrected chi connectivity index (χ4v) is 1.59. The lowest BCUT2D eigenvalue weighted by Gasteiger charge is -2.07. The average molecular weight is 223 g/mol. The van der Waals surface area contributed by atoms with Gasteiger partial charge in [0.05, 0.1) is 12.2 Å². The van der Waals surface area contributed by atoms with Gasteiger partial charge in [-0.15, -0.1) is 0 Å². The molecule has 1 rings (SSSR count). The molecule has 0 N–H and O–H groups in total. The fourth-order valence-electron chi connectivity index (χ4n) is 1.23. The van der Waals surface area contributed by atoms with Crippen LogP contribution in [0, 0.1) is 25.2 Å². The molecule has 0 saturated heterocycles. The topological polar surface area (TPSA) is 58.7 Å². The third kappa shape index (κ3) is 2.39. The molecular formula is C10H13N3OS. The average Bonchev–Trinajstić information content (AvgIpc) is 2.22. The maximum atomic E-state index is 11.7. The molecule has 0 radical (unpaired) electrons. The van der Waals surface area contributed by atoms with Crippen LogP contribution >= 0.6 is 11.8 Å². The van der Waals surface area contributed by atoms with Crippen molar-refractivity contribution in [3.8, 4) is 6.07 Å². The number of aryl methyl sites for hydroxylation is 2. The standard InChI is InChI=1S/C10H13N3OS/c1-7-8(2)12-13(4-5-15-3)10(14)9(7)6-11/h4-5H2,1-3H3. The summed E-state index contributed by atoms with van der Waals surface area (Å²) in [5.41, 5.74) is 1.36. The smallest absolute Gasteiger partial charge is 0.266 e. The molecule has 0 aliphatic carbocycles. The third-order valence-corrected chi connectivity index (χ3v) is 2.85. The Kier molecular flexibility index (Phi) is 3.92. The van der Waals surface area contributed by atoms with Crippen molar-refractivity contribution in [3.63, 3.8) is 0 Å². The number of thioether (sulfide) groups is 1. The Hall–Kier alpha value is -1.28. The first-order valence-electron chi connectivity index (χ1n) is 4.59. The number of nitrogens with zero attached hydrogens (tertiary/aromatic N) is 3. The van der Waals surface area contributed by atoms with Gasteiger partial charge in [0.25, 0.3) is 5.56 Å². The van der Waals surface area contributed by atoms with Crippen LogP contribution in [0.25, 0.3) is 0 Å². The van der Waals surface area contributed by atoms with E-state index in [2.05, 4.69) is 5.10 Å². The summed E-state index contributed by atoms with van der Waals surface area (Å²) in [6.07, 6.45) is 1.97. The lowest BCUT2D eigenvalue weighted by molar-refractivity contribution is 0.606. The van der Waals surface area contributed by atoms with Crippen LogP contribution in [0.1, 0.15) is 16.8 Å². The first-order valence-corrected chi connectivity index (χ1v) is 5.98. The van der Waals surface area contributed by atoms with Crippen LogP contribution in [0.5, 0.6) is 0 Å². The summed E-state index contributed by atoms with van der Waals surface area (Å²) in [5, 5.41) is 13.0. The Morgan fingerprint density at radius 1 is 1.53 bits per heavy atom. The second-order valence-electron chi connectivity index (χ2n) is 3.22. The Morgan fingerprint density at radius 3 is 2.73 bits per heavy atom. The van der Waals surface area contributed by atoms with Crippen molar-refractivity contribution in [2.45, 2.75) is 20.4 Å². The number of aromatic nitrogens is 2. The van der Waals surface area contributed by atoms with Gasteiger partial charge in [-0.2, -0.15) is 22.1 Å². The number of hydrogen-bond donors (Lipinski definition) is 0. The molecule has 1 heterocycles. The second kappa shape index (κ2) is 4.99. The fraction of sp³-hybridized carbons (Fsp3) is 0.500. The van der Waals surface area contributed by atoms with Crippen LogP contribution in [-0.2, 0) is 6.54 Å². The Bertz CT molecular complexity index is 459. The number of hydrogen-bond acceptors (Lipinski definition) is 4. The first kappa shape index (κ1) is 11.8. The molecule has 15 heavy (non-hydrogen) atoms. The molecule has 5 heteroatoms. The van der Waals surface area contributed by atoms with Gasteiger partial charge in [0, 0.05) is 5.75 Å². The SMILES string of the molecule is CSCCn1nc(C)c(C)c(C#N)c1=O. The van der Waals surface area contributed by atoms with E-state index in [1.165, 1.54) is 4.68 Å². The summed E-state index contributed by atoms with van der Waals surface area (Å²) >= 11 is 1.65. The van der Waals surface area contributed by atoms with Gasteiger partial charge < -0.3 is 0 Å². The largest absolute Gasteiger partial charge is 0.284 e. The predicted molar refractivity (Wildman–Crippen MR) is 61.1 cm³/mol. The maximum Gasteiger partial charge on any atom is 0.284 e. The molecular weight excluding hydrogens is 210 g/mol. The van der Waals surface area contributed by atoms with E-state index in [-0.39, 0.29) is 11.1 Å². The summed E-state index contributed by atoms with van der Waals surface area (Å²) in [7, 11) is 0. The van der Waals surface area contributed by atoms with Crippen LogP contribution in [-0.4, -0.2) is 21.8 Å². The molecule has 0 amide bonds. The predicted octanol–water partition coefficient (Wildman–Crippen LogP) is 1.09. The van der Waals surface area contributed by atoms with Gasteiger partial charge >= 0.3 is 0 Å². The van der Waals surface area contributed by atoms with Crippen LogP contribution in [0.15, 0.2) is 4.79 Å². The molecule has 0 spiro atoms. The van der Waals surface area contributed by atoms with Gasteiger partial charge in [-0.3, -0.25) is 4.79 Å². The van der Waals surface area contributed by atoms with Gasteiger partial charge in [0.15, 0.2) is 0 Å². The van der Waals surface area contributed by atoms with Gasteiger partial charge in [0.1, 0.15) is 11.6 Å². The molecule has 0 aliphatic heterocycles. The molecule has 0 fully saturated rings. The Morgan fingerprint density at radius 2 is 2.20 bits per heavy atom. The zero-order valence-corrected chi connectivity index (χ0v) is 9.89. The minimum Gasteiger partial charge on any atom is -0.266 e. The van der Waals surface area contributed by atoms with Crippen molar-refractivity contribution in [2.24, 2.45) is 0 Å². The van der Waals surface area contributed by atoms with Crippen molar-refractivity contribution in [1.29, 1.82) is 5.26 Å². The number of rotatable bonds is 3. The zero-order chi connectivity index (χ0) is 11.4. The maximum absolute atomic E-state index is 11.7. The molecule has 0 saturated carbocycles. The zero-order valence-electron chi connectivity index (χ0n) is 9.07.